The molecule has 0 fully saturated rings. The zero-order valence-electron chi connectivity index (χ0n) is 12.3. The van der Waals surface area contributed by atoms with Crippen LogP contribution in [-0.2, 0) is 9.53 Å². The van der Waals surface area contributed by atoms with Crippen molar-refractivity contribution in [1.82, 2.24) is 0 Å². The number of hydrogen-bond acceptors (Lipinski definition) is 5. The Kier molecular flexibility index (Phi) is 4.95. The lowest BCUT2D eigenvalue weighted by Crippen LogP contribution is -2.30. The largest absolute Gasteiger partial charge is 0.508 e. The van der Waals surface area contributed by atoms with Crippen LogP contribution in [0.1, 0.15) is 22.8 Å². The van der Waals surface area contributed by atoms with E-state index in [2.05, 4.69) is 5.32 Å². The molecule has 0 saturated heterocycles. The van der Waals surface area contributed by atoms with E-state index < -0.39 is 18.0 Å². The maximum absolute atomic E-state index is 12.0. The second-order valence-electron chi connectivity index (χ2n) is 4.78. The summed E-state index contributed by atoms with van der Waals surface area (Å²) >= 11 is 0. The summed E-state index contributed by atoms with van der Waals surface area (Å²) in [5, 5.41) is 20.6. The topological polar surface area (TPSA) is 99.4 Å². The van der Waals surface area contributed by atoms with E-state index in [-0.39, 0.29) is 11.3 Å². The smallest absolute Gasteiger partial charge is 0.339 e. The number of ether oxygens (including phenoxy) is 1. The lowest BCUT2D eigenvalue weighted by molar-refractivity contribution is -0.123. The molecule has 23 heavy (non-hydrogen) atoms. The van der Waals surface area contributed by atoms with E-state index in [4.69, 9.17) is 10.00 Å². The first-order valence-electron chi connectivity index (χ1n) is 6.80. The molecule has 2 aromatic rings. The number of nitrogens with zero attached hydrogens (tertiary/aromatic N) is 1. The first-order chi connectivity index (χ1) is 11.0. The van der Waals surface area contributed by atoms with E-state index in [0.29, 0.717) is 11.3 Å². The Hall–Kier alpha value is -3.33. The minimum Gasteiger partial charge on any atom is -0.508 e. The van der Waals surface area contributed by atoms with Gasteiger partial charge in [-0.15, -0.1) is 0 Å². The number of rotatable bonds is 4. The highest BCUT2D eigenvalue weighted by Crippen LogP contribution is 2.14. The fourth-order valence-electron chi connectivity index (χ4n) is 1.79. The molecule has 0 aliphatic carbocycles. The van der Waals surface area contributed by atoms with Crippen LogP contribution in [0.15, 0.2) is 48.5 Å². The molecule has 2 rings (SSSR count). The van der Waals surface area contributed by atoms with Crippen LogP contribution in [0.5, 0.6) is 5.75 Å². The zero-order valence-corrected chi connectivity index (χ0v) is 12.3. The van der Waals surface area contributed by atoms with Crippen LogP contribution in [0.25, 0.3) is 0 Å². The SMILES string of the molecule is C[C@H](OC(=O)c1cccc(O)c1)C(=O)Nc1ccc(C#N)cc1. The van der Waals surface area contributed by atoms with Crippen LogP contribution in [0.2, 0.25) is 0 Å². The fourth-order valence-corrected chi connectivity index (χ4v) is 1.79. The van der Waals surface area contributed by atoms with Gasteiger partial charge in [0, 0.05) is 5.69 Å². The molecule has 6 heteroatoms. The Labute approximate surface area is 132 Å². The molecular formula is C17H14N2O4. The molecule has 0 unspecified atom stereocenters. The number of amides is 1. The van der Waals surface area contributed by atoms with Crippen molar-refractivity contribution in [2.24, 2.45) is 0 Å². The number of hydrogen-bond donors (Lipinski definition) is 2. The molecule has 0 aromatic heterocycles. The average molecular weight is 310 g/mol. The van der Waals surface area contributed by atoms with Crippen molar-refractivity contribution in [2.45, 2.75) is 13.0 Å². The Morgan fingerprint density at radius 2 is 1.91 bits per heavy atom. The van der Waals surface area contributed by atoms with Crippen LogP contribution in [0.3, 0.4) is 0 Å². The average Bonchev–Trinajstić information content (AvgIpc) is 2.55. The quantitative estimate of drug-likeness (QED) is 0.845. The van der Waals surface area contributed by atoms with Crippen LogP contribution >= 0.6 is 0 Å². The van der Waals surface area contributed by atoms with E-state index in [1.165, 1.54) is 31.2 Å². The molecule has 1 amide bonds. The van der Waals surface area contributed by atoms with Crippen LogP contribution < -0.4 is 5.32 Å². The van der Waals surface area contributed by atoms with E-state index >= 15 is 0 Å². The number of carbonyl (C=O) groups excluding carboxylic acids is 2. The molecular weight excluding hydrogens is 296 g/mol. The first-order valence-corrected chi connectivity index (χ1v) is 6.80. The predicted octanol–water partition coefficient (Wildman–Crippen LogP) is 2.45. The lowest BCUT2D eigenvalue weighted by atomic mass is 10.2. The van der Waals surface area contributed by atoms with Crippen molar-refractivity contribution in [2.75, 3.05) is 5.32 Å². The van der Waals surface area contributed by atoms with Crippen LogP contribution in [-0.4, -0.2) is 23.1 Å². The highest BCUT2D eigenvalue weighted by molar-refractivity contribution is 5.97. The van der Waals surface area contributed by atoms with E-state index in [1.54, 1.807) is 24.3 Å². The third-order valence-electron chi connectivity index (χ3n) is 3.02. The van der Waals surface area contributed by atoms with Crippen molar-refractivity contribution >= 4 is 17.6 Å². The van der Waals surface area contributed by atoms with Gasteiger partial charge in [0.2, 0.25) is 0 Å². The van der Waals surface area contributed by atoms with Crippen molar-refractivity contribution < 1.29 is 19.4 Å². The van der Waals surface area contributed by atoms with Gasteiger partial charge in [-0.3, -0.25) is 4.79 Å². The first kappa shape index (κ1) is 16.0. The number of phenols is 1. The van der Waals surface area contributed by atoms with Gasteiger partial charge in [-0.2, -0.15) is 5.26 Å². The summed E-state index contributed by atoms with van der Waals surface area (Å²) in [5.41, 5.74) is 1.13. The number of esters is 1. The number of benzene rings is 2. The van der Waals surface area contributed by atoms with Crippen molar-refractivity contribution in [3.05, 3.63) is 59.7 Å². The number of aromatic hydroxyl groups is 1. The summed E-state index contributed by atoms with van der Waals surface area (Å²) in [5.74, 6) is -1.26. The maximum atomic E-state index is 12.0. The Balaban J connectivity index is 1.96. The fraction of sp³-hybridized carbons (Fsp3) is 0.118. The van der Waals surface area contributed by atoms with E-state index in [0.717, 1.165) is 0 Å². The summed E-state index contributed by atoms with van der Waals surface area (Å²) in [7, 11) is 0. The molecule has 1 atom stereocenters. The summed E-state index contributed by atoms with van der Waals surface area (Å²) in [6.45, 7) is 1.44. The number of anilines is 1. The molecule has 116 valence electrons. The molecule has 0 radical (unpaired) electrons. The molecule has 0 saturated carbocycles. The van der Waals surface area contributed by atoms with Crippen molar-refractivity contribution in [3.63, 3.8) is 0 Å². The Morgan fingerprint density at radius 3 is 2.52 bits per heavy atom. The molecule has 2 N–H and O–H groups in total. The molecule has 0 aliphatic heterocycles. The molecule has 0 aliphatic rings. The minimum absolute atomic E-state index is 0.0610. The summed E-state index contributed by atoms with van der Waals surface area (Å²) < 4.78 is 5.06. The third kappa shape index (κ3) is 4.32. The van der Waals surface area contributed by atoms with E-state index in [1.807, 2.05) is 6.07 Å². The summed E-state index contributed by atoms with van der Waals surface area (Å²) in [6.07, 6.45) is -1.01. The Bertz CT molecular complexity index is 763. The van der Waals surface area contributed by atoms with E-state index in [9.17, 15) is 14.7 Å². The standard InChI is InChI=1S/C17H14N2O4/c1-11(23-17(22)13-3-2-4-15(20)9-13)16(21)19-14-7-5-12(10-18)6-8-14/h2-9,11,20H,1H3,(H,19,21)/t11-/m0/s1. The number of nitrogens with one attached hydrogen (secondary N) is 1. The zero-order chi connectivity index (χ0) is 16.8. The Morgan fingerprint density at radius 1 is 1.22 bits per heavy atom. The van der Waals surface area contributed by atoms with Gasteiger partial charge in [0.05, 0.1) is 17.2 Å². The number of nitriles is 1. The van der Waals surface area contributed by atoms with Gasteiger partial charge in [0.1, 0.15) is 5.75 Å². The highest BCUT2D eigenvalue weighted by atomic mass is 16.5. The predicted molar refractivity (Wildman–Crippen MR) is 82.8 cm³/mol. The van der Waals surface area contributed by atoms with Crippen LogP contribution in [0.4, 0.5) is 5.69 Å². The van der Waals surface area contributed by atoms with Gasteiger partial charge in [-0.05, 0) is 49.4 Å². The third-order valence-corrected chi connectivity index (χ3v) is 3.02. The molecule has 0 heterocycles. The molecule has 2 aromatic carbocycles. The van der Waals surface area contributed by atoms with Crippen molar-refractivity contribution in [3.8, 4) is 11.8 Å². The van der Waals surface area contributed by atoms with Gasteiger partial charge >= 0.3 is 5.97 Å². The highest BCUT2D eigenvalue weighted by Gasteiger charge is 2.19. The summed E-state index contributed by atoms with van der Waals surface area (Å²) in [6, 6.07) is 14.0. The van der Waals surface area contributed by atoms with Crippen molar-refractivity contribution in [1.29, 1.82) is 5.26 Å². The maximum Gasteiger partial charge on any atom is 0.339 e. The van der Waals surface area contributed by atoms with Gasteiger partial charge in [0.15, 0.2) is 6.10 Å². The van der Waals surface area contributed by atoms with Gasteiger partial charge in [-0.1, -0.05) is 6.07 Å². The molecule has 0 bridgehead atoms. The summed E-state index contributed by atoms with van der Waals surface area (Å²) in [4.78, 5) is 23.9. The van der Waals surface area contributed by atoms with Gasteiger partial charge < -0.3 is 15.2 Å². The monoisotopic (exact) mass is 310 g/mol. The van der Waals surface area contributed by atoms with Gasteiger partial charge in [-0.25, -0.2) is 4.79 Å². The van der Waals surface area contributed by atoms with Gasteiger partial charge in [0.25, 0.3) is 5.91 Å². The minimum atomic E-state index is -1.01. The molecule has 6 nitrogen and oxygen atoms in total. The molecule has 0 spiro atoms. The number of carbonyl (C=O) groups is 2. The van der Waals surface area contributed by atoms with Crippen LogP contribution in [0, 0.1) is 11.3 Å². The normalized spacial score (nSPS) is 11.1. The number of phenolic OH excluding ortho intramolecular Hbond substituents is 1. The second-order valence-corrected chi connectivity index (χ2v) is 4.78. The second kappa shape index (κ2) is 7.09. The lowest BCUT2D eigenvalue weighted by Gasteiger charge is -2.13.